The van der Waals surface area contributed by atoms with Crippen molar-refractivity contribution >= 4 is 22.7 Å². The monoisotopic (exact) mass is 316 g/mol. The van der Waals surface area contributed by atoms with Gasteiger partial charge in [-0.25, -0.2) is 9.78 Å². The van der Waals surface area contributed by atoms with Crippen LogP contribution < -0.4 is 5.32 Å². The minimum absolute atomic E-state index is 0.0752. The molecule has 1 unspecified atom stereocenters. The van der Waals surface area contributed by atoms with E-state index in [0.29, 0.717) is 11.7 Å². The first kappa shape index (κ1) is 15.0. The molecule has 2 amide bonds. The molecule has 3 rings (SSSR count). The molecule has 1 atom stereocenters. The zero-order chi connectivity index (χ0) is 15.9. The summed E-state index contributed by atoms with van der Waals surface area (Å²) in [6.45, 7) is 8.85. The lowest BCUT2D eigenvalue weighted by atomic mass is 9.96. The van der Waals surface area contributed by atoms with E-state index in [1.807, 2.05) is 24.0 Å². The highest BCUT2D eigenvalue weighted by Gasteiger charge is 2.30. The molecule has 6 heteroatoms. The van der Waals surface area contributed by atoms with Gasteiger partial charge >= 0.3 is 6.03 Å². The molecule has 5 nitrogen and oxygen atoms in total. The molecule has 22 heavy (non-hydrogen) atoms. The number of amides is 2. The highest BCUT2D eigenvalue weighted by atomic mass is 32.1. The van der Waals surface area contributed by atoms with Gasteiger partial charge in [-0.3, -0.25) is 5.32 Å². The first-order chi connectivity index (χ1) is 10.4. The van der Waals surface area contributed by atoms with Gasteiger partial charge in [0.05, 0.1) is 6.04 Å². The zero-order valence-corrected chi connectivity index (χ0v) is 14.1. The van der Waals surface area contributed by atoms with E-state index in [9.17, 15) is 4.79 Å². The predicted octanol–water partition coefficient (Wildman–Crippen LogP) is 3.94. The van der Waals surface area contributed by atoms with Crippen molar-refractivity contribution < 1.29 is 4.79 Å². The molecule has 1 aliphatic heterocycles. The van der Waals surface area contributed by atoms with Crippen LogP contribution in [0.3, 0.4) is 0 Å². The summed E-state index contributed by atoms with van der Waals surface area (Å²) in [7, 11) is 0. The maximum atomic E-state index is 12.5. The number of hydrogen-bond donors (Lipinski definition) is 1. The van der Waals surface area contributed by atoms with Crippen LogP contribution in [0.5, 0.6) is 0 Å². The number of hydrogen-bond acceptors (Lipinski definition) is 4. The van der Waals surface area contributed by atoms with Crippen molar-refractivity contribution in [2.45, 2.75) is 45.7 Å². The number of rotatable bonds is 1. The van der Waals surface area contributed by atoms with Gasteiger partial charge < -0.3 is 4.90 Å². The topological polar surface area (TPSA) is 58.1 Å². The van der Waals surface area contributed by atoms with Gasteiger partial charge in [0.25, 0.3) is 0 Å². The quantitative estimate of drug-likeness (QED) is 0.867. The second kappa shape index (κ2) is 5.35. The summed E-state index contributed by atoms with van der Waals surface area (Å²) in [6.07, 6.45) is 0. The number of nitrogens with one attached hydrogen (secondary N) is 1. The summed E-state index contributed by atoms with van der Waals surface area (Å²) < 4.78 is 4.32. The van der Waals surface area contributed by atoms with Crippen molar-refractivity contribution in [3.05, 3.63) is 41.2 Å². The number of aromatic nitrogens is 2. The Morgan fingerprint density at radius 1 is 1.36 bits per heavy atom. The molecule has 1 N–H and O–H groups in total. The summed E-state index contributed by atoms with van der Waals surface area (Å²) in [5, 5.41) is 3.43. The van der Waals surface area contributed by atoms with E-state index >= 15 is 0 Å². The highest BCUT2D eigenvalue weighted by molar-refractivity contribution is 7.09. The minimum Gasteiger partial charge on any atom is -0.313 e. The van der Waals surface area contributed by atoms with E-state index in [2.05, 4.69) is 47.6 Å². The summed E-state index contributed by atoms with van der Waals surface area (Å²) in [5.41, 5.74) is 2.31. The van der Waals surface area contributed by atoms with Crippen LogP contribution in [-0.4, -0.2) is 20.3 Å². The molecule has 2 aromatic rings. The Labute approximate surface area is 134 Å². The fourth-order valence-electron chi connectivity index (χ4n) is 2.56. The van der Waals surface area contributed by atoms with Gasteiger partial charge in [-0.2, -0.15) is 4.37 Å². The highest BCUT2D eigenvalue weighted by Crippen LogP contribution is 2.33. The first-order valence-electron chi connectivity index (χ1n) is 7.36. The smallest absolute Gasteiger partial charge is 0.313 e. The van der Waals surface area contributed by atoms with Gasteiger partial charge in [-0.15, -0.1) is 0 Å². The van der Waals surface area contributed by atoms with Gasteiger partial charge in [0.1, 0.15) is 5.82 Å². The van der Waals surface area contributed by atoms with Gasteiger partial charge in [-0.05, 0) is 18.1 Å². The number of carbonyl (C=O) groups is 1. The SMILES string of the molecule is CC1c2ccccc2CN1C(=O)Nc1nc(C(C)(C)C)ns1. The standard InChI is InChI=1S/C16H20N4OS/c1-10-12-8-6-5-7-11(12)9-20(10)15(21)18-14-17-13(19-22-14)16(2,3)4/h5-8,10H,9H2,1-4H3,(H,17,18,19,21). The van der Waals surface area contributed by atoms with Crippen molar-refractivity contribution in [2.75, 3.05) is 5.32 Å². The minimum atomic E-state index is -0.125. The van der Waals surface area contributed by atoms with Crippen LogP contribution in [0, 0.1) is 0 Å². The van der Waals surface area contributed by atoms with Crippen LogP contribution in [-0.2, 0) is 12.0 Å². The molecule has 0 fully saturated rings. The number of nitrogens with zero attached hydrogens (tertiary/aromatic N) is 3. The molecule has 116 valence electrons. The number of carbonyl (C=O) groups excluding carboxylic acids is 1. The van der Waals surface area contributed by atoms with E-state index in [0.717, 1.165) is 5.82 Å². The lowest BCUT2D eigenvalue weighted by Gasteiger charge is -2.21. The number of fused-ring (bicyclic) bond motifs is 1. The molecular formula is C16H20N4OS. The third-order valence-corrected chi connectivity index (χ3v) is 4.52. The lowest BCUT2D eigenvalue weighted by Crippen LogP contribution is -2.32. The van der Waals surface area contributed by atoms with E-state index in [-0.39, 0.29) is 17.5 Å². The Bertz CT molecular complexity index is 704. The van der Waals surface area contributed by atoms with Gasteiger partial charge in [-0.1, -0.05) is 45.0 Å². The van der Waals surface area contributed by atoms with Crippen molar-refractivity contribution in [3.8, 4) is 0 Å². The molecule has 1 aliphatic rings. The van der Waals surface area contributed by atoms with Crippen LogP contribution >= 0.6 is 11.5 Å². The number of benzene rings is 1. The Kier molecular flexibility index (Phi) is 3.64. The fraction of sp³-hybridized carbons (Fsp3) is 0.438. The molecule has 0 saturated heterocycles. The maximum Gasteiger partial charge on any atom is 0.324 e. The van der Waals surface area contributed by atoms with Crippen LogP contribution in [0.4, 0.5) is 9.93 Å². The predicted molar refractivity (Wildman–Crippen MR) is 88.0 cm³/mol. The molecular weight excluding hydrogens is 296 g/mol. The molecule has 0 spiro atoms. The van der Waals surface area contributed by atoms with Crippen LogP contribution in [0.15, 0.2) is 24.3 Å². The summed E-state index contributed by atoms with van der Waals surface area (Å²) in [6, 6.07) is 8.12. The molecule has 2 heterocycles. The first-order valence-corrected chi connectivity index (χ1v) is 8.13. The summed E-state index contributed by atoms with van der Waals surface area (Å²) in [5.74, 6) is 0.755. The van der Waals surface area contributed by atoms with Crippen molar-refractivity contribution in [1.82, 2.24) is 14.3 Å². The molecule has 0 aliphatic carbocycles. The van der Waals surface area contributed by atoms with Gasteiger partial charge in [0.2, 0.25) is 5.13 Å². The third-order valence-electron chi connectivity index (χ3n) is 3.88. The average molecular weight is 316 g/mol. The van der Waals surface area contributed by atoms with Crippen molar-refractivity contribution in [2.24, 2.45) is 0 Å². The number of anilines is 1. The van der Waals surface area contributed by atoms with Crippen molar-refractivity contribution in [1.29, 1.82) is 0 Å². The summed E-state index contributed by atoms with van der Waals surface area (Å²) >= 11 is 1.23. The fourth-order valence-corrected chi connectivity index (χ4v) is 3.31. The van der Waals surface area contributed by atoms with Gasteiger partial charge in [0.15, 0.2) is 0 Å². The normalized spacial score (nSPS) is 17.5. The Balaban J connectivity index is 1.73. The Morgan fingerprint density at radius 2 is 2.09 bits per heavy atom. The second-order valence-corrected chi connectivity index (χ2v) is 7.36. The second-order valence-electron chi connectivity index (χ2n) is 6.61. The number of urea groups is 1. The van der Waals surface area contributed by atoms with E-state index in [4.69, 9.17) is 0 Å². The summed E-state index contributed by atoms with van der Waals surface area (Å²) in [4.78, 5) is 18.7. The molecule has 0 bridgehead atoms. The largest absolute Gasteiger partial charge is 0.324 e. The Morgan fingerprint density at radius 3 is 2.73 bits per heavy atom. The van der Waals surface area contributed by atoms with E-state index in [1.54, 1.807) is 0 Å². The molecule has 1 aromatic heterocycles. The van der Waals surface area contributed by atoms with Crippen LogP contribution in [0.25, 0.3) is 0 Å². The zero-order valence-electron chi connectivity index (χ0n) is 13.3. The van der Waals surface area contributed by atoms with Crippen LogP contribution in [0.2, 0.25) is 0 Å². The van der Waals surface area contributed by atoms with E-state index in [1.165, 1.54) is 22.7 Å². The molecule has 0 radical (unpaired) electrons. The van der Waals surface area contributed by atoms with Crippen LogP contribution in [0.1, 0.15) is 50.7 Å². The van der Waals surface area contributed by atoms with Gasteiger partial charge in [0, 0.05) is 23.5 Å². The van der Waals surface area contributed by atoms with E-state index < -0.39 is 0 Å². The average Bonchev–Trinajstić information content (AvgIpc) is 3.04. The van der Waals surface area contributed by atoms with Crippen molar-refractivity contribution in [3.63, 3.8) is 0 Å². The molecule has 0 saturated carbocycles. The third kappa shape index (κ3) is 2.70. The lowest BCUT2D eigenvalue weighted by molar-refractivity contribution is 0.199. The molecule has 1 aromatic carbocycles. The maximum absolute atomic E-state index is 12.5. The Hall–Kier alpha value is -1.95.